The van der Waals surface area contributed by atoms with Gasteiger partial charge in [-0.15, -0.1) is 0 Å². The lowest BCUT2D eigenvalue weighted by atomic mass is 10.7. The number of allylic oxidation sites excluding steroid dienone is 2. The summed E-state index contributed by atoms with van der Waals surface area (Å²) in [6, 6.07) is 0. The first-order valence-electron chi connectivity index (χ1n) is 1.51. The fourth-order valence-electron chi connectivity index (χ4n) is 0.184. The van der Waals surface area contributed by atoms with Gasteiger partial charge < -0.3 is 0 Å². The SMILES string of the molecule is FC1=C(Br)C1(F)F. The van der Waals surface area contributed by atoms with E-state index >= 15 is 0 Å². The van der Waals surface area contributed by atoms with Crippen LogP contribution in [0.15, 0.2) is 10.3 Å². The molecule has 0 aromatic heterocycles. The maximum absolute atomic E-state index is 11.4. The van der Waals surface area contributed by atoms with Gasteiger partial charge in [0.1, 0.15) is 4.48 Å². The number of hydrogen-bond acceptors (Lipinski definition) is 0. The van der Waals surface area contributed by atoms with E-state index in [0.29, 0.717) is 0 Å². The van der Waals surface area contributed by atoms with Gasteiger partial charge in [0.25, 0.3) is 0 Å². The van der Waals surface area contributed by atoms with Crippen LogP contribution in [-0.4, -0.2) is 5.92 Å². The average Bonchev–Trinajstić information content (AvgIpc) is 1.91. The normalized spacial score (nSPS) is 25.7. The molecule has 0 saturated heterocycles. The summed E-state index contributed by atoms with van der Waals surface area (Å²) in [5.74, 6) is -4.59. The first-order chi connectivity index (χ1) is 3.07. The Kier molecular flexibility index (Phi) is 0.770. The maximum atomic E-state index is 11.4. The molecule has 0 heterocycles. The van der Waals surface area contributed by atoms with Gasteiger partial charge in [-0.3, -0.25) is 0 Å². The van der Waals surface area contributed by atoms with E-state index in [0.717, 1.165) is 0 Å². The van der Waals surface area contributed by atoms with Crippen molar-refractivity contribution >= 4 is 15.9 Å². The molecule has 0 atom stereocenters. The summed E-state index contributed by atoms with van der Waals surface area (Å²) in [5, 5.41) is 0. The summed E-state index contributed by atoms with van der Waals surface area (Å²) >= 11 is 2.32. The molecule has 0 saturated carbocycles. The molecule has 1 rings (SSSR count). The van der Waals surface area contributed by atoms with Crippen molar-refractivity contribution in [1.82, 2.24) is 0 Å². The molecule has 0 aromatic rings. The fraction of sp³-hybridized carbons (Fsp3) is 0.333. The van der Waals surface area contributed by atoms with E-state index in [2.05, 4.69) is 15.9 Å². The molecular weight excluding hydrogens is 173 g/mol. The van der Waals surface area contributed by atoms with Crippen LogP contribution in [0.3, 0.4) is 0 Å². The Hall–Kier alpha value is 0.01000. The lowest BCUT2D eigenvalue weighted by Crippen LogP contribution is -1.91. The van der Waals surface area contributed by atoms with E-state index in [-0.39, 0.29) is 0 Å². The van der Waals surface area contributed by atoms with E-state index in [1.54, 1.807) is 0 Å². The number of alkyl halides is 2. The van der Waals surface area contributed by atoms with Crippen LogP contribution < -0.4 is 0 Å². The molecule has 0 unspecified atom stereocenters. The molecule has 0 radical (unpaired) electrons. The van der Waals surface area contributed by atoms with Crippen molar-refractivity contribution in [3.63, 3.8) is 0 Å². The minimum atomic E-state index is -3.25. The Morgan fingerprint density at radius 3 is 1.57 bits per heavy atom. The van der Waals surface area contributed by atoms with Crippen molar-refractivity contribution in [3.05, 3.63) is 10.3 Å². The Morgan fingerprint density at radius 2 is 1.57 bits per heavy atom. The predicted octanol–water partition coefficient (Wildman–Crippen LogP) is 2.21. The summed E-state index contributed by atoms with van der Waals surface area (Å²) in [6.45, 7) is 0. The Bertz CT molecular complexity index is 123. The van der Waals surface area contributed by atoms with E-state index in [1.807, 2.05) is 0 Å². The molecule has 0 N–H and O–H groups in total. The number of halogens is 4. The van der Waals surface area contributed by atoms with Gasteiger partial charge >= 0.3 is 5.92 Å². The number of rotatable bonds is 0. The van der Waals surface area contributed by atoms with Gasteiger partial charge in [-0.05, 0) is 15.9 Å². The number of hydrogen-bond donors (Lipinski definition) is 0. The summed E-state index contributed by atoms with van der Waals surface area (Å²) < 4.78 is 33.6. The van der Waals surface area contributed by atoms with E-state index in [9.17, 15) is 13.2 Å². The van der Waals surface area contributed by atoms with Crippen LogP contribution in [0.5, 0.6) is 0 Å². The van der Waals surface area contributed by atoms with Crippen molar-refractivity contribution in [2.24, 2.45) is 0 Å². The predicted molar refractivity (Wildman–Crippen MR) is 22.0 cm³/mol. The molecule has 0 fully saturated rings. The third kappa shape index (κ3) is 0.492. The zero-order valence-electron chi connectivity index (χ0n) is 3.01. The Balaban J connectivity index is 2.69. The van der Waals surface area contributed by atoms with Crippen LogP contribution in [-0.2, 0) is 0 Å². The maximum Gasteiger partial charge on any atom is 0.334 e. The van der Waals surface area contributed by atoms with Crippen molar-refractivity contribution in [2.45, 2.75) is 5.92 Å². The van der Waals surface area contributed by atoms with Crippen LogP contribution in [0.1, 0.15) is 0 Å². The highest BCUT2D eigenvalue weighted by Crippen LogP contribution is 2.53. The van der Waals surface area contributed by atoms with Crippen molar-refractivity contribution in [1.29, 1.82) is 0 Å². The Labute approximate surface area is 46.1 Å². The van der Waals surface area contributed by atoms with Gasteiger partial charge in [-0.2, -0.15) is 8.78 Å². The zero-order chi connectivity index (χ0) is 5.65. The second kappa shape index (κ2) is 1.05. The van der Waals surface area contributed by atoms with Gasteiger partial charge in [-0.1, -0.05) is 0 Å². The molecular formula is C3BrF3. The molecule has 0 aliphatic heterocycles. The lowest BCUT2D eigenvalue weighted by Gasteiger charge is -1.83. The van der Waals surface area contributed by atoms with Crippen molar-refractivity contribution < 1.29 is 13.2 Å². The first-order valence-corrected chi connectivity index (χ1v) is 2.30. The third-order valence-corrected chi connectivity index (χ3v) is 1.53. The molecule has 0 aromatic carbocycles. The van der Waals surface area contributed by atoms with Gasteiger partial charge in [0.05, 0.1) is 0 Å². The highest BCUT2D eigenvalue weighted by Gasteiger charge is 2.56. The minimum Gasteiger partial charge on any atom is -0.204 e. The summed E-state index contributed by atoms with van der Waals surface area (Å²) in [7, 11) is 0. The molecule has 1 aliphatic rings. The van der Waals surface area contributed by atoms with Crippen LogP contribution in [0, 0.1) is 0 Å². The first kappa shape index (κ1) is 5.15. The smallest absolute Gasteiger partial charge is 0.204 e. The van der Waals surface area contributed by atoms with E-state index in [1.165, 1.54) is 0 Å². The van der Waals surface area contributed by atoms with Gasteiger partial charge in [-0.25, -0.2) is 4.39 Å². The molecule has 0 bridgehead atoms. The molecule has 0 amide bonds. The van der Waals surface area contributed by atoms with Gasteiger partial charge in [0, 0.05) is 0 Å². The van der Waals surface area contributed by atoms with Crippen molar-refractivity contribution in [3.8, 4) is 0 Å². The summed E-state index contributed by atoms with van der Waals surface area (Å²) in [4.78, 5) is 0. The fourth-order valence-corrected chi connectivity index (χ4v) is 0.508. The zero-order valence-corrected chi connectivity index (χ0v) is 4.60. The van der Waals surface area contributed by atoms with E-state index in [4.69, 9.17) is 0 Å². The molecule has 40 valence electrons. The topological polar surface area (TPSA) is 0 Å². The summed E-state index contributed by atoms with van der Waals surface area (Å²) in [6.07, 6.45) is 0. The van der Waals surface area contributed by atoms with Gasteiger partial charge in [0.2, 0.25) is 0 Å². The standard InChI is InChI=1S/C3BrF3/c4-1-2(5)3(1,6)7. The van der Waals surface area contributed by atoms with Crippen LogP contribution in [0.4, 0.5) is 13.2 Å². The Morgan fingerprint density at radius 1 is 1.43 bits per heavy atom. The molecule has 4 heteroatoms. The largest absolute Gasteiger partial charge is 0.334 e. The monoisotopic (exact) mass is 172 g/mol. The quantitative estimate of drug-likeness (QED) is 0.526. The highest BCUT2D eigenvalue weighted by atomic mass is 79.9. The minimum absolute atomic E-state index is 0.611. The second-order valence-electron chi connectivity index (χ2n) is 1.20. The van der Waals surface area contributed by atoms with Crippen molar-refractivity contribution in [2.75, 3.05) is 0 Å². The molecule has 0 spiro atoms. The molecule has 0 nitrogen and oxygen atoms in total. The molecule has 1 aliphatic carbocycles. The lowest BCUT2D eigenvalue weighted by molar-refractivity contribution is 0.123. The van der Waals surface area contributed by atoms with Crippen LogP contribution in [0.25, 0.3) is 0 Å². The van der Waals surface area contributed by atoms with Crippen LogP contribution in [0.2, 0.25) is 0 Å². The average molecular weight is 173 g/mol. The summed E-state index contributed by atoms with van der Waals surface area (Å²) in [5.41, 5.74) is 0. The second-order valence-corrected chi connectivity index (χ2v) is 2.00. The molecule has 7 heavy (non-hydrogen) atoms. The van der Waals surface area contributed by atoms with E-state index < -0.39 is 16.2 Å². The third-order valence-electron chi connectivity index (χ3n) is 0.682. The highest BCUT2D eigenvalue weighted by molar-refractivity contribution is 9.12. The van der Waals surface area contributed by atoms with Gasteiger partial charge in [0.15, 0.2) is 5.83 Å². The van der Waals surface area contributed by atoms with Crippen LogP contribution >= 0.6 is 15.9 Å².